The second-order valence-corrected chi connectivity index (χ2v) is 21.5. The third-order valence-electron chi connectivity index (χ3n) is 14.7. The summed E-state index contributed by atoms with van der Waals surface area (Å²) >= 11 is 0. The Kier molecular flexibility index (Phi) is 58.2. The van der Waals surface area contributed by atoms with Crippen molar-refractivity contribution < 1.29 is 24.2 Å². The predicted molar refractivity (Wildman–Crippen MR) is 293 cm³/mol. The molecule has 1 N–H and O–H groups in total. The summed E-state index contributed by atoms with van der Waals surface area (Å²) < 4.78 is 10.7. The summed E-state index contributed by atoms with van der Waals surface area (Å²) in [5.41, 5.74) is 0. The van der Waals surface area contributed by atoms with Crippen molar-refractivity contribution in [2.45, 2.75) is 373 Å². The highest BCUT2D eigenvalue weighted by atomic mass is 16.6. The number of carbonyl (C=O) groups is 2. The Bertz CT molecular complexity index is 937. The maximum Gasteiger partial charge on any atom is 0.306 e. The van der Waals surface area contributed by atoms with Crippen LogP contribution in [-0.4, -0.2) is 36.4 Å². The number of unbranched alkanes of at least 4 members (excludes halogenated alkanes) is 51. The molecular weight excluding hydrogens is 825 g/mol. The van der Waals surface area contributed by atoms with Crippen LogP contribution in [0.3, 0.4) is 0 Å². The molecule has 0 aliphatic carbocycles. The fourth-order valence-electron chi connectivity index (χ4n) is 9.97. The summed E-state index contributed by atoms with van der Waals surface area (Å²) in [6.07, 6.45) is 72.7. The van der Waals surface area contributed by atoms with E-state index in [9.17, 15) is 14.7 Å². The van der Waals surface area contributed by atoms with Gasteiger partial charge < -0.3 is 14.6 Å². The number of rotatable bonds is 59. The molecule has 0 aromatic rings. The van der Waals surface area contributed by atoms with Crippen LogP contribution in [-0.2, 0) is 19.1 Å². The van der Waals surface area contributed by atoms with Crippen LogP contribution in [0.15, 0.2) is 0 Å². The molecule has 0 bridgehead atoms. The molecule has 0 fully saturated rings. The van der Waals surface area contributed by atoms with Gasteiger partial charge in [-0.2, -0.15) is 0 Å². The lowest BCUT2D eigenvalue weighted by molar-refractivity contribution is -0.161. The number of carbonyl (C=O) groups excluding carboxylic acids is 2. The van der Waals surface area contributed by atoms with Crippen molar-refractivity contribution in [3.8, 4) is 0 Å². The van der Waals surface area contributed by atoms with Crippen molar-refractivity contribution in [3.05, 3.63) is 0 Å². The zero-order valence-electron chi connectivity index (χ0n) is 46.0. The Morgan fingerprint density at radius 2 is 0.463 bits per heavy atom. The summed E-state index contributed by atoms with van der Waals surface area (Å²) in [5.74, 6) is -0.564. The van der Waals surface area contributed by atoms with Gasteiger partial charge in [-0.05, 0) is 12.8 Å². The van der Waals surface area contributed by atoms with Crippen LogP contribution in [0.1, 0.15) is 367 Å². The Balaban J connectivity index is 3.33. The van der Waals surface area contributed by atoms with Crippen LogP contribution in [0.25, 0.3) is 0 Å². The molecule has 0 aliphatic rings. The molecule has 400 valence electrons. The van der Waals surface area contributed by atoms with Gasteiger partial charge in [0.05, 0.1) is 6.61 Å². The molecule has 5 heteroatoms. The van der Waals surface area contributed by atoms with Crippen LogP contribution >= 0.6 is 0 Å². The lowest BCUT2D eigenvalue weighted by Gasteiger charge is -2.15. The minimum absolute atomic E-state index is 0.0559. The standard InChI is InChI=1S/C62H122O5/c1-3-5-7-9-11-13-15-17-19-21-22-23-24-25-26-27-28-29-30-31-32-33-34-35-36-37-38-39-40-41-43-45-47-49-51-53-55-57-62(65)67-60(58-63)59-66-61(64)56-54-52-50-48-46-44-42-20-18-16-14-12-10-8-6-4-2/h60,63H,3-59H2,1-2H3. The van der Waals surface area contributed by atoms with Crippen molar-refractivity contribution >= 4 is 11.9 Å². The van der Waals surface area contributed by atoms with Crippen LogP contribution in [0.2, 0.25) is 0 Å². The molecule has 0 radical (unpaired) electrons. The number of hydrogen-bond acceptors (Lipinski definition) is 5. The third kappa shape index (κ3) is 57.4. The summed E-state index contributed by atoms with van der Waals surface area (Å²) in [6.45, 7) is 4.21. The number of aliphatic hydroxyl groups is 1. The zero-order valence-corrected chi connectivity index (χ0v) is 46.0. The van der Waals surface area contributed by atoms with Crippen LogP contribution in [0, 0.1) is 0 Å². The maximum atomic E-state index is 12.3. The molecule has 1 atom stereocenters. The average Bonchev–Trinajstić information content (AvgIpc) is 3.33. The zero-order chi connectivity index (χ0) is 48.5. The first-order chi connectivity index (χ1) is 33.1. The fraction of sp³-hybridized carbons (Fsp3) is 0.968. The van der Waals surface area contributed by atoms with Gasteiger partial charge in [0.1, 0.15) is 6.61 Å². The van der Waals surface area contributed by atoms with Gasteiger partial charge >= 0.3 is 11.9 Å². The molecule has 0 rings (SSSR count). The summed E-state index contributed by atoms with van der Waals surface area (Å²) in [5, 5.41) is 9.65. The maximum absolute atomic E-state index is 12.3. The molecular formula is C62H122O5. The number of aliphatic hydroxyl groups excluding tert-OH is 1. The smallest absolute Gasteiger partial charge is 0.306 e. The number of ether oxygens (including phenoxy) is 2. The third-order valence-corrected chi connectivity index (χ3v) is 14.7. The van der Waals surface area contributed by atoms with Crippen LogP contribution < -0.4 is 0 Å². The quantitative estimate of drug-likeness (QED) is 0.0486. The molecule has 0 aromatic carbocycles. The lowest BCUT2D eigenvalue weighted by atomic mass is 10.0. The average molecular weight is 948 g/mol. The molecule has 0 aliphatic heterocycles. The molecule has 0 aromatic heterocycles. The Morgan fingerprint density at radius 1 is 0.284 bits per heavy atom. The van der Waals surface area contributed by atoms with Gasteiger partial charge in [0.2, 0.25) is 0 Å². The first-order valence-corrected chi connectivity index (χ1v) is 31.1. The predicted octanol–water partition coefficient (Wildman–Crippen LogP) is 20.9. The van der Waals surface area contributed by atoms with Gasteiger partial charge in [0.15, 0.2) is 6.10 Å². The van der Waals surface area contributed by atoms with Gasteiger partial charge in [-0.15, -0.1) is 0 Å². The van der Waals surface area contributed by atoms with Gasteiger partial charge in [-0.25, -0.2) is 0 Å². The van der Waals surface area contributed by atoms with Gasteiger partial charge in [-0.1, -0.05) is 341 Å². The van der Waals surface area contributed by atoms with Gasteiger partial charge in [0.25, 0.3) is 0 Å². The van der Waals surface area contributed by atoms with Crippen molar-refractivity contribution in [2.75, 3.05) is 13.2 Å². The second-order valence-electron chi connectivity index (χ2n) is 21.5. The molecule has 5 nitrogen and oxygen atoms in total. The van der Waals surface area contributed by atoms with E-state index in [2.05, 4.69) is 13.8 Å². The lowest BCUT2D eigenvalue weighted by Crippen LogP contribution is -2.28. The van der Waals surface area contributed by atoms with E-state index in [1.54, 1.807) is 0 Å². The minimum Gasteiger partial charge on any atom is -0.462 e. The Labute approximate surface area is 420 Å². The van der Waals surface area contributed by atoms with Crippen LogP contribution in [0.5, 0.6) is 0 Å². The van der Waals surface area contributed by atoms with E-state index in [4.69, 9.17) is 9.47 Å². The van der Waals surface area contributed by atoms with E-state index in [-0.39, 0.29) is 25.2 Å². The van der Waals surface area contributed by atoms with E-state index in [0.29, 0.717) is 12.8 Å². The summed E-state index contributed by atoms with van der Waals surface area (Å²) in [4.78, 5) is 24.5. The number of hydrogen-bond donors (Lipinski definition) is 1. The van der Waals surface area contributed by atoms with Gasteiger partial charge in [-0.3, -0.25) is 9.59 Å². The normalized spacial score (nSPS) is 12.0. The first kappa shape index (κ1) is 65.9. The Morgan fingerprint density at radius 3 is 0.657 bits per heavy atom. The fourth-order valence-corrected chi connectivity index (χ4v) is 9.97. The molecule has 1 unspecified atom stereocenters. The van der Waals surface area contributed by atoms with Crippen molar-refractivity contribution in [1.29, 1.82) is 0 Å². The number of esters is 2. The largest absolute Gasteiger partial charge is 0.462 e. The highest BCUT2D eigenvalue weighted by Crippen LogP contribution is 2.19. The second kappa shape index (κ2) is 59.2. The van der Waals surface area contributed by atoms with Crippen molar-refractivity contribution in [1.82, 2.24) is 0 Å². The highest BCUT2D eigenvalue weighted by molar-refractivity contribution is 5.70. The minimum atomic E-state index is -0.764. The van der Waals surface area contributed by atoms with E-state index in [1.165, 1.54) is 308 Å². The van der Waals surface area contributed by atoms with E-state index in [1.807, 2.05) is 0 Å². The first-order valence-electron chi connectivity index (χ1n) is 31.1. The van der Waals surface area contributed by atoms with E-state index < -0.39 is 6.10 Å². The molecule has 0 spiro atoms. The van der Waals surface area contributed by atoms with Crippen molar-refractivity contribution in [3.63, 3.8) is 0 Å². The van der Waals surface area contributed by atoms with E-state index in [0.717, 1.165) is 32.1 Å². The summed E-state index contributed by atoms with van der Waals surface area (Å²) in [7, 11) is 0. The molecule has 0 saturated carbocycles. The Hall–Kier alpha value is -1.10. The van der Waals surface area contributed by atoms with Crippen molar-refractivity contribution in [2.24, 2.45) is 0 Å². The molecule has 0 heterocycles. The monoisotopic (exact) mass is 947 g/mol. The topological polar surface area (TPSA) is 72.8 Å². The van der Waals surface area contributed by atoms with E-state index >= 15 is 0 Å². The molecule has 0 saturated heterocycles. The molecule has 67 heavy (non-hydrogen) atoms. The SMILES string of the molecule is CCCCCCCCCCCCCCCCCCCCCCCCCCCCCCCCCCCCCCCC(=O)OC(CO)COC(=O)CCCCCCCCCCCCCCCCCC. The summed E-state index contributed by atoms with van der Waals surface area (Å²) in [6, 6.07) is 0. The highest BCUT2D eigenvalue weighted by Gasteiger charge is 2.16. The molecule has 0 amide bonds. The van der Waals surface area contributed by atoms with Gasteiger partial charge in [0, 0.05) is 12.8 Å². The van der Waals surface area contributed by atoms with Crippen LogP contribution in [0.4, 0.5) is 0 Å².